The maximum atomic E-state index is 12.7. The number of benzene rings is 1. The molecule has 0 aliphatic rings. The van der Waals surface area contributed by atoms with Crippen molar-refractivity contribution in [3.63, 3.8) is 0 Å². The first kappa shape index (κ1) is 15.7. The third kappa shape index (κ3) is 2.74. The quantitative estimate of drug-likeness (QED) is 0.716. The van der Waals surface area contributed by atoms with Crippen molar-refractivity contribution in [1.29, 1.82) is 0 Å². The van der Waals surface area contributed by atoms with Gasteiger partial charge in [-0.2, -0.15) is 0 Å². The molecule has 0 saturated carbocycles. The van der Waals surface area contributed by atoms with E-state index in [9.17, 15) is 9.18 Å². The molecule has 2 aromatic heterocycles. The van der Waals surface area contributed by atoms with Crippen LogP contribution in [0.15, 0.2) is 35.4 Å². The van der Waals surface area contributed by atoms with Gasteiger partial charge in [-0.15, -0.1) is 11.3 Å². The number of ether oxygens (including phenoxy) is 1. The van der Waals surface area contributed by atoms with Crippen LogP contribution < -0.4 is 10.3 Å². The van der Waals surface area contributed by atoms with Crippen molar-refractivity contribution >= 4 is 21.6 Å². The summed E-state index contributed by atoms with van der Waals surface area (Å²) in [5.41, 5.74) is 1.61. The minimum atomic E-state index is -0.591. The van der Waals surface area contributed by atoms with E-state index in [4.69, 9.17) is 4.74 Å². The van der Waals surface area contributed by atoms with E-state index in [0.717, 1.165) is 28.2 Å². The number of alkyl halides is 1. The number of aryl methyl sites for hydroxylation is 2. The van der Waals surface area contributed by atoms with Crippen molar-refractivity contribution in [2.75, 3.05) is 13.8 Å². The van der Waals surface area contributed by atoms with Crippen molar-refractivity contribution in [2.45, 2.75) is 19.9 Å². The van der Waals surface area contributed by atoms with Gasteiger partial charge in [-0.25, -0.2) is 9.37 Å². The molecule has 6 heteroatoms. The van der Waals surface area contributed by atoms with Gasteiger partial charge in [0.15, 0.2) is 0 Å². The van der Waals surface area contributed by atoms with Crippen molar-refractivity contribution in [2.24, 2.45) is 0 Å². The first-order valence-corrected chi connectivity index (χ1v) is 8.22. The Labute approximate surface area is 137 Å². The van der Waals surface area contributed by atoms with Crippen LogP contribution in [-0.2, 0) is 13.0 Å². The number of rotatable bonds is 5. The highest BCUT2D eigenvalue weighted by molar-refractivity contribution is 7.19. The smallest absolute Gasteiger partial charge is 0.262 e. The number of aromatic nitrogens is 2. The fraction of sp³-hybridized carbons (Fsp3) is 0.294. The summed E-state index contributed by atoms with van der Waals surface area (Å²) < 4.78 is 19.3. The van der Waals surface area contributed by atoms with Crippen LogP contribution in [0, 0.1) is 0 Å². The Morgan fingerprint density at radius 3 is 2.91 bits per heavy atom. The Balaban J connectivity index is 2.32. The average Bonchev–Trinajstić information content (AvgIpc) is 2.97. The summed E-state index contributed by atoms with van der Waals surface area (Å²) in [6, 6.07) is 7.62. The zero-order valence-corrected chi connectivity index (χ0v) is 13.8. The summed E-state index contributed by atoms with van der Waals surface area (Å²) in [7, 11) is 1.61. The first-order valence-electron chi connectivity index (χ1n) is 7.40. The lowest BCUT2D eigenvalue weighted by atomic mass is 10.0. The van der Waals surface area contributed by atoms with Gasteiger partial charge in [-0.05, 0) is 24.1 Å². The van der Waals surface area contributed by atoms with Crippen LogP contribution in [0.5, 0.6) is 5.75 Å². The Morgan fingerprint density at radius 1 is 1.39 bits per heavy atom. The molecule has 23 heavy (non-hydrogen) atoms. The van der Waals surface area contributed by atoms with Crippen LogP contribution in [0.4, 0.5) is 4.39 Å². The van der Waals surface area contributed by atoms with Gasteiger partial charge in [0.05, 0.1) is 25.4 Å². The monoisotopic (exact) mass is 332 g/mol. The molecule has 1 aromatic carbocycles. The summed E-state index contributed by atoms with van der Waals surface area (Å²) >= 11 is 1.51. The molecular weight excluding hydrogens is 315 g/mol. The van der Waals surface area contributed by atoms with E-state index in [0.29, 0.717) is 10.2 Å². The minimum Gasteiger partial charge on any atom is -0.497 e. The summed E-state index contributed by atoms with van der Waals surface area (Å²) in [5.74, 6) is 0.733. The molecule has 0 atom stereocenters. The summed E-state index contributed by atoms with van der Waals surface area (Å²) in [5, 5.41) is 0.566. The molecule has 3 aromatic rings. The van der Waals surface area contributed by atoms with Gasteiger partial charge in [0, 0.05) is 10.4 Å². The van der Waals surface area contributed by atoms with Crippen LogP contribution >= 0.6 is 11.3 Å². The molecule has 2 heterocycles. The fourth-order valence-electron chi connectivity index (χ4n) is 2.66. The molecule has 3 rings (SSSR count). The number of hydrogen-bond acceptors (Lipinski definition) is 4. The molecule has 0 saturated heterocycles. The highest BCUT2D eigenvalue weighted by Crippen LogP contribution is 2.37. The van der Waals surface area contributed by atoms with E-state index in [1.807, 2.05) is 24.3 Å². The molecule has 0 fully saturated rings. The molecule has 0 radical (unpaired) electrons. The van der Waals surface area contributed by atoms with Crippen LogP contribution in [0.3, 0.4) is 0 Å². The molecule has 0 N–H and O–H groups in total. The molecule has 0 bridgehead atoms. The highest BCUT2D eigenvalue weighted by Gasteiger charge is 2.18. The Kier molecular flexibility index (Phi) is 4.43. The SMILES string of the molecule is CCc1sc2ncn(CCF)c(=O)c2c1-c1cccc(OC)c1. The second kappa shape index (κ2) is 6.50. The van der Waals surface area contributed by atoms with E-state index >= 15 is 0 Å². The van der Waals surface area contributed by atoms with E-state index in [-0.39, 0.29) is 12.1 Å². The minimum absolute atomic E-state index is 0.0244. The van der Waals surface area contributed by atoms with Crippen molar-refractivity contribution < 1.29 is 9.13 Å². The Hall–Kier alpha value is -2.21. The van der Waals surface area contributed by atoms with Gasteiger partial charge in [0.2, 0.25) is 0 Å². The van der Waals surface area contributed by atoms with Crippen LogP contribution in [0.2, 0.25) is 0 Å². The lowest BCUT2D eigenvalue weighted by molar-refractivity contribution is 0.415. The number of thiophene rings is 1. The molecule has 0 aliphatic heterocycles. The van der Waals surface area contributed by atoms with Gasteiger partial charge in [0.1, 0.15) is 17.3 Å². The predicted molar refractivity (Wildman–Crippen MR) is 91.2 cm³/mol. The number of hydrogen-bond donors (Lipinski definition) is 0. The fourth-order valence-corrected chi connectivity index (χ4v) is 3.75. The number of nitrogens with zero attached hydrogens (tertiary/aromatic N) is 2. The zero-order chi connectivity index (χ0) is 16.4. The van der Waals surface area contributed by atoms with E-state index in [2.05, 4.69) is 11.9 Å². The van der Waals surface area contributed by atoms with Gasteiger partial charge in [-0.1, -0.05) is 19.1 Å². The van der Waals surface area contributed by atoms with Gasteiger partial charge in [0.25, 0.3) is 5.56 Å². The Morgan fingerprint density at radius 2 is 2.22 bits per heavy atom. The van der Waals surface area contributed by atoms with Gasteiger partial charge >= 0.3 is 0 Å². The number of fused-ring (bicyclic) bond motifs is 1. The molecule has 0 spiro atoms. The lowest BCUT2D eigenvalue weighted by Crippen LogP contribution is -2.21. The van der Waals surface area contributed by atoms with Gasteiger partial charge in [-0.3, -0.25) is 9.36 Å². The van der Waals surface area contributed by atoms with Gasteiger partial charge < -0.3 is 4.74 Å². The molecule has 120 valence electrons. The van der Waals surface area contributed by atoms with Crippen LogP contribution in [0.25, 0.3) is 21.3 Å². The van der Waals surface area contributed by atoms with Crippen molar-refractivity contribution in [3.05, 3.63) is 45.8 Å². The molecule has 0 unspecified atom stereocenters. The number of methoxy groups -OCH3 is 1. The molecule has 0 amide bonds. The van der Waals surface area contributed by atoms with Crippen LogP contribution in [0.1, 0.15) is 11.8 Å². The molecule has 4 nitrogen and oxygen atoms in total. The topological polar surface area (TPSA) is 44.1 Å². The van der Waals surface area contributed by atoms with E-state index in [1.54, 1.807) is 7.11 Å². The first-order chi connectivity index (χ1) is 11.2. The maximum absolute atomic E-state index is 12.7. The number of halogens is 1. The highest BCUT2D eigenvalue weighted by atomic mass is 32.1. The average molecular weight is 332 g/mol. The van der Waals surface area contributed by atoms with E-state index < -0.39 is 6.67 Å². The Bertz CT molecular complexity index is 901. The summed E-state index contributed by atoms with van der Waals surface area (Å²) in [6.07, 6.45) is 2.23. The summed E-state index contributed by atoms with van der Waals surface area (Å²) in [6.45, 7) is 1.48. The maximum Gasteiger partial charge on any atom is 0.262 e. The lowest BCUT2D eigenvalue weighted by Gasteiger charge is -2.07. The van der Waals surface area contributed by atoms with E-state index in [1.165, 1.54) is 22.2 Å². The second-order valence-corrected chi connectivity index (χ2v) is 6.18. The zero-order valence-electron chi connectivity index (χ0n) is 13.0. The van der Waals surface area contributed by atoms with Crippen LogP contribution in [-0.4, -0.2) is 23.3 Å². The normalized spacial score (nSPS) is 11.1. The van der Waals surface area contributed by atoms with Crippen molar-refractivity contribution in [1.82, 2.24) is 9.55 Å². The standard InChI is InChI=1S/C17H17FN2O2S/c1-3-13-14(11-5-4-6-12(9-11)22-2)15-16(23-13)19-10-20(8-7-18)17(15)21/h4-6,9-10H,3,7-8H2,1-2H3. The molecular formula is C17H17FN2O2S. The molecule has 0 aliphatic carbocycles. The second-order valence-electron chi connectivity index (χ2n) is 5.10. The third-order valence-corrected chi connectivity index (χ3v) is 5.00. The summed E-state index contributed by atoms with van der Waals surface area (Å²) in [4.78, 5) is 18.9. The largest absolute Gasteiger partial charge is 0.497 e. The predicted octanol–water partition coefficient (Wildman–Crippen LogP) is 3.67. The third-order valence-electron chi connectivity index (χ3n) is 3.76. The van der Waals surface area contributed by atoms with Crippen molar-refractivity contribution in [3.8, 4) is 16.9 Å².